The van der Waals surface area contributed by atoms with Gasteiger partial charge < -0.3 is 21.3 Å². The average Bonchev–Trinajstić information content (AvgIpc) is 3.24. The molecule has 20 heteroatoms. The summed E-state index contributed by atoms with van der Waals surface area (Å²) in [6.07, 6.45) is 0. The van der Waals surface area contributed by atoms with Crippen molar-refractivity contribution in [3.05, 3.63) is 139 Å². The van der Waals surface area contributed by atoms with Crippen molar-refractivity contribution in [3.8, 4) is 0 Å². The number of hydrogen-bond acceptors (Lipinski definition) is 10. The molecule has 5 aromatic carbocycles. The van der Waals surface area contributed by atoms with Crippen LogP contribution in [-0.2, 0) is 30.9 Å². The summed E-state index contributed by atoms with van der Waals surface area (Å²) in [5, 5.41) is 25.5. The van der Waals surface area contributed by atoms with Crippen LogP contribution in [-0.4, -0.2) is 47.3 Å². The molecule has 14 nitrogen and oxygen atoms in total. The van der Waals surface area contributed by atoms with Gasteiger partial charge in [-0.1, -0.05) is 94.9 Å². The number of anilines is 4. The molecule has 0 radical (unpaired) electrons. The molecule has 2 atom stereocenters. The average molecular weight is 957 g/mol. The molecule has 0 spiro atoms. The molecule has 0 aliphatic heterocycles. The molecular weight excluding hydrogens is 925 g/mol. The Balaban J connectivity index is 1.27. The predicted molar refractivity (Wildman–Crippen MR) is 242 cm³/mol. The summed E-state index contributed by atoms with van der Waals surface area (Å²) in [6, 6.07) is 21.9. The highest BCUT2D eigenvalue weighted by Gasteiger charge is 2.28. The first-order chi connectivity index (χ1) is 29.6. The fraction of sp³-hybridized carbons (Fsp3) is 0.143. The largest absolute Gasteiger partial charge is 0.322 e. The molecule has 2 unspecified atom stereocenters. The highest BCUT2D eigenvalue weighted by Crippen LogP contribution is 2.37. The maximum atomic E-state index is 13.3. The molecule has 0 aliphatic carbocycles. The lowest BCUT2D eigenvalue weighted by molar-refractivity contribution is -0.127. The summed E-state index contributed by atoms with van der Waals surface area (Å²) in [5.41, 5.74) is 2.30. The maximum absolute atomic E-state index is 13.3. The smallest absolute Gasteiger partial charge is 0.258 e. The van der Waals surface area contributed by atoms with Crippen LogP contribution >= 0.6 is 69.6 Å². The Kier molecular flexibility index (Phi) is 16.7. The zero-order valence-corrected chi connectivity index (χ0v) is 36.8. The zero-order chi connectivity index (χ0) is 45.1. The van der Waals surface area contributed by atoms with Gasteiger partial charge in [0.1, 0.15) is 11.4 Å². The Morgan fingerprint density at radius 1 is 0.468 bits per heavy atom. The van der Waals surface area contributed by atoms with E-state index >= 15 is 0 Å². The Morgan fingerprint density at radius 2 is 0.839 bits per heavy atom. The third kappa shape index (κ3) is 11.6. The van der Waals surface area contributed by atoms with E-state index in [4.69, 9.17) is 69.6 Å². The normalized spacial score (nSPS) is 12.1. The van der Waals surface area contributed by atoms with Crippen molar-refractivity contribution in [1.82, 2.24) is 0 Å². The zero-order valence-electron chi connectivity index (χ0n) is 32.3. The fourth-order valence-corrected chi connectivity index (χ4v) is 6.85. The van der Waals surface area contributed by atoms with E-state index in [1.165, 1.54) is 48.5 Å². The summed E-state index contributed by atoms with van der Waals surface area (Å²) >= 11 is 37.9. The lowest BCUT2D eigenvalue weighted by Crippen LogP contribution is -2.32. The van der Waals surface area contributed by atoms with Gasteiger partial charge in [0.05, 0.1) is 42.6 Å². The summed E-state index contributed by atoms with van der Waals surface area (Å²) < 4.78 is 0. The predicted octanol–water partition coefficient (Wildman–Crippen LogP) is 11.6. The molecule has 0 saturated carbocycles. The standard InChI is InChI=1S/C42H32Cl6N8O6/c1-21(57)37(55-53-31-15-7-11-25(33(31)45)39(59)49-27-13-5-3-9-23(27)19-43)41(61)51-29-17-18-30(36(48)35(29)47)52-42(62)38(22(2)58)56-54-32-16-8-12-26(34(32)46)40(60)50-28-14-6-4-10-24(28)20-44/h3-18,37-38H,19-20H2,1-2H3,(H,49,59)(H,50,60)(H,51,61)(H,52,62). The van der Waals surface area contributed by atoms with Gasteiger partial charge in [-0.15, -0.1) is 23.2 Å². The first-order valence-electron chi connectivity index (χ1n) is 18.0. The number of benzene rings is 5. The number of hydrogen-bond donors (Lipinski definition) is 4. The lowest BCUT2D eigenvalue weighted by atomic mass is 10.1. The van der Waals surface area contributed by atoms with Crippen molar-refractivity contribution in [2.45, 2.75) is 37.7 Å². The minimum Gasteiger partial charge on any atom is -0.322 e. The number of carbonyl (C=O) groups is 6. The van der Waals surface area contributed by atoms with E-state index in [9.17, 15) is 28.8 Å². The van der Waals surface area contributed by atoms with E-state index in [0.717, 1.165) is 13.8 Å². The van der Waals surface area contributed by atoms with Gasteiger partial charge in [0.25, 0.3) is 23.6 Å². The first kappa shape index (κ1) is 47.3. The van der Waals surface area contributed by atoms with Crippen molar-refractivity contribution in [3.63, 3.8) is 0 Å². The second kappa shape index (κ2) is 21.9. The second-order valence-electron chi connectivity index (χ2n) is 13.0. The quantitative estimate of drug-likeness (QED) is 0.0431. The Morgan fingerprint density at radius 3 is 1.19 bits per heavy atom. The van der Waals surface area contributed by atoms with Gasteiger partial charge in [-0.2, -0.15) is 20.5 Å². The van der Waals surface area contributed by atoms with Crippen LogP contribution in [0.1, 0.15) is 45.7 Å². The van der Waals surface area contributed by atoms with E-state index in [-0.39, 0.29) is 65.7 Å². The topological polar surface area (TPSA) is 200 Å². The summed E-state index contributed by atoms with van der Waals surface area (Å²) in [5.74, 6) is -4.09. The van der Waals surface area contributed by atoms with E-state index in [1.54, 1.807) is 48.5 Å². The van der Waals surface area contributed by atoms with Crippen molar-refractivity contribution < 1.29 is 28.8 Å². The van der Waals surface area contributed by atoms with Crippen LogP contribution in [0.5, 0.6) is 0 Å². The third-order valence-electron chi connectivity index (χ3n) is 8.69. The number of amides is 4. The molecule has 4 N–H and O–H groups in total. The van der Waals surface area contributed by atoms with E-state index in [0.29, 0.717) is 22.5 Å². The fourth-order valence-electron chi connectivity index (χ4n) is 5.46. The number of rotatable bonds is 16. The summed E-state index contributed by atoms with van der Waals surface area (Å²) in [6.45, 7) is 2.23. The van der Waals surface area contributed by atoms with Gasteiger partial charge in [-0.25, -0.2) is 0 Å². The minimum atomic E-state index is -1.69. The number of para-hydroxylation sites is 2. The van der Waals surface area contributed by atoms with Gasteiger partial charge >= 0.3 is 0 Å². The monoisotopic (exact) mass is 954 g/mol. The van der Waals surface area contributed by atoms with E-state index in [2.05, 4.69) is 41.7 Å². The Labute approximate surface area is 384 Å². The molecular formula is C42H32Cl6N8O6. The van der Waals surface area contributed by atoms with Crippen LogP contribution in [0, 0.1) is 0 Å². The lowest BCUT2D eigenvalue weighted by Gasteiger charge is -2.15. The van der Waals surface area contributed by atoms with E-state index < -0.39 is 47.3 Å². The molecule has 0 aromatic heterocycles. The number of nitrogens with one attached hydrogen (secondary N) is 4. The molecule has 0 fully saturated rings. The van der Waals surface area contributed by atoms with E-state index in [1.807, 2.05) is 0 Å². The molecule has 0 heterocycles. The molecule has 5 rings (SSSR count). The Hall–Kier alpha value is -5.74. The van der Waals surface area contributed by atoms with Crippen molar-refractivity contribution in [2.24, 2.45) is 20.5 Å². The van der Waals surface area contributed by atoms with Gasteiger partial charge in [0.15, 0.2) is 11.6 Å². The minimum absolute atomic E-state index is 0.00193. The van der Waals surface area contributed by atoms with Crippen molar-refractivity contribution >= 4 is 139 Å². The Bertz CT molecular complexity index is 2460. The van der Waals surface area contributed by atoms with Crippen LogP contribution < -0.4 is 21.3 Å². The summed E-state index contributed by atoms with van der Waals surface area (Å²) in [7, 11) is 0. The number of azo groups is 2. The third-order valence-corrected chi connectivity index (χ3v) is 10.9. The maximum Gasteiger partial charge on any atom is 0.258 e. The highest BCUT2D eigenvalue weighted by atomic mass is 35.5. The van der Waals surface area contributed by atoms with Gasteiger partial charge in [0, 0.05) is 23.1 Å². The molecule has 62 heavy (non-hydrogen) atoms. The second-order valence-corrected chi connectivity index (χ2v) is 15.0. The van der Waals surface area contributed by atoms with Crippen molar-refractivity contribution in [2.75, 3.05) is 21.3 Å². The molecule has 0 saturated heterocycles. The number of halogens is 6. The number of Topliss-reactive ketones (excluding diaryl/α,β-unsaturated/α-hetero) is 2. The van der Waals surface area contributed by atoms with Gasteiger partial charge in [-0.05, 0) is 73.5 Å². The van der Waals surface area contributed by atoms with Crippen LogP contribution in [0.3, 0.4) is 0 Å². The number of nitrogens with zero attached hydrogens (tertiary/aromatic N) is 4. The highest BCUT2D eigenvalue weighted by molar-refractivity contribution is 6.46. The number of carbonyl (C=O) groups excluding carboxylic acids is 6. The van der Waals surface area contributed by atoms with Crippen LogP contribution in [0.4, 0.5) is 34.1 Å². The van der Waals surface area contributed by atoms with Gasteiger partial charge in [0.2, 0.25) is 12.1 Å². The SMILES string of the molecule is CC(=O)C(N=Nc1cccc(C(=O)Nc2ccccc2CCl)c1Cl)C(=O)Nc1ccc(NC(=O)C(N=Nc2cccc(C(=O)Nc3ccccc3CCl)c2Cl)C(C)=O)c(Cl)c1Cl. The molecule has 4 amide bonds. The van der Waals surface area contributed by atoms with Crippen LogP contribution in [0.25, 0.3) is 0 Å². The summed E-state index contributed by atoms with van der Waals surface area (Å²) in [4.78, 5) is 77.9. The number of alkyl halides is 2. The molecule has 5 aromatic rings. The first-order valence-corrected chi connectivity index (χ1v) is 20.6. The van der Waals surface area contributed by atoms with Crippen molar-refractivity contribution in [1.29, 1.82) is 0 Å². The molecule has 0 aliphatic rings. The van der Waals surface area contributed by atoms with Gasteiger partial charge in [-0.3, -0.25) is 28.8 Å². The number of ketones is 2. The molecule has 318 valence electrons. The molecule has 0 bridgehead atoms. The van der Waals surface area contributed by atoms with Crippen LogP contribution in [0.2, 0.25) is 20.1 Å². The van der Waals surface area contributed by atoms with Crippen LogP contribution in [0.15, 0.2) is 118 Å².